The minimum absolute atomic E-state index is 0.222. The quantitative estimate of drug-likeness (QED) is 0.448. The fourth-order valence-electron chi connectivity index (χ4n) is 1.60. The molecule has 1 unspecified atom stereocenters. The summed E-state index contributed by atoms with van der Waals surface area (Å²) in [5.74, 6) is -1.19. The van der Waals surface area contributed by atoms with Crippen LogP contribution in [0.25, 0.3) is 0 Å². The van der Waals surface area contributed by atoms with E-state index in [0.717, 1.165) is 5.57 Å². The second-order valence-electron chi connectivity index (χ2n) is 4.42. The average Bonchev–Trinajstić information content (AvgIpc) is 2.42. The maximum absolute atomic E-state index is 12.0. The van der Waals surface area contributed by atoms with E-state index in [9.17, 15) is 14.4 Å². The highest BCUT2D eigenvalue weighted by Crippen LogP contribution is 2.07. The second-order valence-corrected chi connectivity index (χ2v) is 4.42. The Morgan fingerprint density at radius 3 is 2.55 bits per heavy atom. The molecule has 0 radical (unpaired) electrons. The van der Waals surface area contributed by atoms with E-state index in [1.165, 1.54) is 6.08 Å². The number of carbonyl (C=O) groups excluding carboxylic acids is 3. The molecule has 1 atom stereocenters. The molecule has 0 aliphatic carbocycles. The van der Waals surface area contributed by atoms with Gasteiger partial charge in [0.1, 0.15) is 6.04 Å². The first-order valence-electron chi connectivity index (χ1n) is 6.26. The Bertz CT molecular complexity index is 515. The predicted molar refractivity (Wildman–Crippen MR) is 76.5 cm³/mol. The molecular weight excluding hydrogens is 256 g/mol. The van der Waals surface area contributed by atoms with Gasteiger partial charge in [-0.1, -0.05) is 37.0 Å². The maximum Gasteiger partial charge on any atom is 0.251 e. The number of hydrogen-bond donors (Lipinski definition) is 2. The fourth-order valence-corrected chi connectivity index (χ4v) is 1.60. The number of carbonyl (C=O) groups is 3. The van der Waals surface area contributed by atoms with Gasteiger partial charge in [-0.05, 0) is 19.4 Å². The van der Waals surface area contributed by atoms with Crippen LogP contribution < -0.4 is 10.6 Å². The highest BCUT2D eigenvalue weighted by Gasteiger charge is 2.28. The van der Waals surface area contributed by atoms with Gasteiger partial charge in [0, 0.05) is 12.0 Å². The van der Waals surface area contributed by atoms with Crippen LogP contribution in [0, 0.1) is 0 Å². The smallest absolute Gasteiger partial charge is 0.251 e. The van der Waals surface area contributed by atoms with E-state index in [-0.39, 0.29) is 12.3 Å². The lowest BCUT2D eigenvalue weighted by Crippen LogP contribution is -2.52. The van der Waals surface area contributed by atoms with E-state index >= 15 is 0 Å². The summed E-state index contributed by atoms with van der Waals surface area (Å²) in [5, 5.41) is 4.77. The molecule has 1 heterocycles. The van der Waals surface area contributed by atoms with Crippen molar-refractivity contribution in [2.45, 2.75) is 25.8 Å². The third-order valence-electron chi connectivity index (χ3n) is 2.87. The van der Waals surface area contributed by atoms with E-state index in [0.29, 0.717) is 12.0 Å². The van der Waals surface area contributed by atoms with Crippen molar-refractivity contribution in [3.05, 3.63) is 48.6 Å². The van der Waals surface area contributed by atoms with E-state index in [4.69, 9.17) is 0 Å². The lowest BCUT2D eigenvalue weighted by molar-refractivity contribution is -0.136. The van der Waals surface area contributed by atoms with Gasteiger partial charge in [-0.3, -0.25) is 19.7 Å². The van der Waals surface area contributed by atoms with Crippen molar-refractivity contribution in [2.75, 3.05) is 0 Å². The SMILES string of the molecule is C=C/C(C)=C\C=C(/C=C)C(=O)NC1CCC(=O)NC1=O. The summed E-state index contributed by atoms with van der Waals surface area (Å²) >= 11 is 0. The largest absolute Gasteiger partial charge is 0.340 e. The molecule has 0 bridgehead atoms. The summed E-state index contributed by atoms with van der Waals surface area (Å²) in [6.07, 6.45) is 6.93. The van der Waals surface area contributed by atoms with Crippen LogP contribution in [-0.4, -0.2) is 23.8 Å². The summed E-state index contributed by atoms with van der Waals surface area (Å²) in [6.45, 7) is 9.03. The van der Waals surface area contributed by atoms with Crippen LogP contribution in [0.1, 0.15) is 19.8 Å². The van der Waals surface area contributed by atoms with E-state index in [1.54, 1.807) is 18.2 Å². The number of rotatable bonds is 5. The van der Waals surface area contributed by atoms with Crippen LogP contribution in [0.3, 0.4) is 0 Å². The predicted octanol–water partition coefficient (Wildman–Crippen LogP) is 1.15. The Hall–Kier alpha value is -2.43. The molecule has 0 aromatic rings. The number of amides is 3. The monoisotopic (exact) mass is 274 g/mol. The lowest BCUT2D eigenvalue weighted by atomic mass is 10.1. The summed E-state index contributed by atoms with van der Waals surface area (Å²) < 4.78 is 0. The van der Waals surface area contributed by atoms with Crippen molar-refractivity contribution >= 4 is 17.7 Å². The highest BCUT2D eigenvalue weighted by molar-refractivity contribution is 6.04. The first-order chi connectivity index (χ1) is 9.47. The van der Waals surface area contributed by atoms with Gasteiger partial charge in [-0.2, -0.15) is 0 Å². The minimum Gasteiger partial charge on any atom is -0.340 e. The molecule has 5 nitrogen and oxygen atoms in total. The molecule has 2 N–H and O–H groups in total. The molecule has 0 aromatic carbocycles. The lowest BCUT2D eigenvalue weighted by Gasteiger charge is -2.21. The zero-order valence-electron chi connectivity index (χ0n) is 11.4. The average molecular weight is 274 g/mol. The highest BCUT2D eigenvalue weighted by atomic mass is 16.2. The molecule has 1 fully saturated rings. The second kappa shape index (κ2) is 7.23. The Morgan fingerprint density at radius 1 is 1.30 bits per heavy atom. The molecule has 20 heavy (non-hydrogen) atoms. The standard InChI is InChI=1S/C15H18N2O3/c1-4-10(3)6-7-11(5-2)14(19)16-12-8-9-13(18)17-15(12)20/h4-7,12H,1-2,8-9H2,3H3,(H,16,19)(H,17,18,20)/b10-6-,11-7+. The molecular formula is C15H18N2O3. The van der Waals surface area contributed by atoms with Crippen molar-refractivity contribution in [3.8, 4) is 0 Å². The van der Waals surface area contributed by atoms with Crippen molar-refractivity contribution in [1.29, 1.82) is 0 Å². The van der Waals surface area contributed by atoms with Gasteiger partial charge in [-0.25, -0.2) is 0 Å². The number of nitrogens with one attached hydrogen (secondary N) is 2. The van der Waals surface area contributed by atoms with Gasteiger partial charge in [0.2, 0.25) is 11.8 Å². The number of imide groups is 1. The van der Waals surface area contributed by atoms with Gasteiger partial charge in [0.05, 0.1) is 0 Å². The summed E-state index contributed by atoms with van der Waals surface area (Å²) in [4.78, 5) is 34.6. The molecule has 5 heteroatoms. The van der Waals surface area contributed by atoms with Crippen molar-refractivity contribution in [1.82, 2.24) is 10.6 Å². The van der Waals surface area contributed by atoms with Crippen molar-refractivity contribution < 1.29 is 14.4 Å². The molecule has 106 valence electrons. The molecule has 3 amide bonds. The normalized spacial score (nSPS) is 20.1. The van der Waals surface area contributed by atoms with Crippen LogP contribution >= 0.6 is 0 Å². The van der Waals surface area contributed by atoms with Crippen LogP contribution in [0.15, 0.2) is 48.6 Å². The first-order valence-corrected chi connectivity index (χ1v) is 6.26. The van der Waals surface area contributed by atoms with E-state index in [2.05, 4.69) is 23.8 Å². The van der Waals surface area contributed by atoms with Crippen molar-refractivity contribution in [2.24, 2.45) is 0 Å². The number of hydrogen-bond acceptors (Lipinski definition) is 3. The van der Waals surface area contributed by atoms with Gasteiger partial charge < -0.3 is 5.32 Å². The number of allylic oxidation sites excluding steroid dienone is 4. The molecule has 0 aromatic heterocycles. The molecule has 1 rings (SSSR count). The van der Waals surface area contributed by atoms with Gasteiger partial charge in [0.15, 0.2) is 0 Å². The van der Waals surface area contributed by atoms with Gasteiger partial charge in [0.25, 0.3) is 5.91 Å². The molecule has 1 saturated heterocycles. The Morgan fingerprint density at radius 2 is 2.00 bits per heavy atom. The molecule has 0 spiro atoms. The maximum atomic E-state index is 12.0. The van der Waals surface area contributed by atoms with Crippen LogP contribution in [0.4, 0.5) is 0 Å². The third kappa shape index (κ3) is 4.35. The van der Waals surface area contributed by atoms with E-state index in [1.807, 2.05) is 6.92 Å². The molecule has 1 aliphatic rings. The first kappa shape index (κ1) is 15.6. The number of piperidine rings is 1. The topological polar surface area (TPSA) is 75.3 Å². The van der Waals surface area contributed by atoms with Gasteiger partial charge in [-0.15, -0.1) is 0 Å². The zero-order chi connectivity index (χ0) is 15.1. The molecule has 0 saturated carbocycles. The third-order valence-corrected chi connectivity index (χ3v) is 2.87. The summed E-state index contributed by atoms with van der Waals surface area (Å²) in [7, 11) is 0. The molecule has 1 aliphatic heterocycles. The van der Waals surface area contributed by atoms with E-state index < -0.39 is 17.9 Å². The van der Waals surface area contributed by atoms with Crippen LogP contribution in [-0.2, 0) is 14.4 Å². The Labute approximate surface area is 118 Å². The minimum atomic E-state index is -0.687. The Balaban J connectivity index is 2.73. The van der Waals surface area contributed by atoms with Gasteiger partial charge >= 0.3 is 0 Å². The summed E-state index contributed by atoms with van der Waals surface area (Å²) in [6, 6.07) is -0.687. The summed E-state index contributed by atoms with van der Waals surface area (Å²) in [5.41, 5.74) is 1.24. The van der Waals surface area contributed by atoms with Crippen LogP contribution in [0.5, 0.6) is 0 Å². The fraction of sp³-hybridized carbons (Fsp3) is 0.267. The zero-order valence-corrected chi connectivity index (χ0v) is 11.4. The Kier molecular flexibility index (Phi) is 5.65. The van der Waals surface area contributed by atoms with Crippen LogP contribution in [0.2, 0.25) is 0 Å². The van der Waals surface area contributed by atoms with Crippen molar-refractivity contribution in [3.63, 3.8) is 0 Å².